The molecule has 1 atom stereocenters. The Kier molecular flexibility index (Phi) is 4.28. The van der Waals surface area contributed by atoms with E-state index in [1.165, 1.54) is 0 Å². The lowest BCUT2D eigenvalue weighted by Gasteiger charge is -2.09. The van der Waals surface area contributed by atoms with Crippen LogP contribution in [0, 0.1) is 5.92 Å². The van der Waals surface area contributed by atoms with Crippen molar-refractivity contribution in [2.24, 2.45) is 11.7 Å². The lowest BCUT2D eigenvalue weighted by molar-refractivity contribution is 0.0945. The minimum Gasteiger partial charge on any atom is -0.389 e. The standard InChI is InChI=1S/C13H16N2O2S/c14-12(18)10-1-3-11(4-2-10)13(16)15-7-9-5-6-17-8-9/h1-4,9H,5-8H2,(H2,14,18)(H,15,16). The molecule has 1 saturated heterocycles. The minimum absolute atomic E-state index is 0.0728. The molecule has 0 aromatic heterocycles. The number of amides is 1. The van der Waals surface area contributed by atoms with E-state index in [4.69, 9.17) is 22.7 Å². The summed E-state index contributed by atoms with van der Waals surface area (Å²) in [5.41, 5.74) is 6.89. The summed E-state index contributed by atoms with van der Waals surface area (Å²) in [5.74, 6) is 0.362. The molecule has 96 valence electrons. The number of hydrogen-bond donors (Lipinski definition) is 2. The molecule has 1 amide bonds. The summed E-state index contributed by atoms with van der Waals surface area (Å²) < 4.78 is 5.26. The Labute approximate surface area is 112 Å². The summed E-state index contributed by atoms with van der Waals surface area (Å²) in [6.07, 6.45) is 1.01. The summed E-state index contributed by atoms with van der Waals surface area (Å²) in [6, 6.07) is 6.98. The number of benzene rings is 1. The number of carbonyl (C=O) groups excluding carboxylic acids is 1. The Balaban J connectivity index is 1.89. The van der Waals surface area contributed by atoms with Gasteiger partial charge in [0.1, 0.15) is 4.99 Å². The van der Waals surface area contributed by atoms with Crippen molar-refractivity contribution in [3.63, 3.8) is 0 Å². The maximum Gasteiger partial charge on any atom is 0.251 e. The number of ether oxygens (including phenoxy) is 1. The van der Waals surface area contributed by atoms with Crippen LogP contribution < -0.4 is 11.1 Å². The molecule has 0 aliphatic carbocycles. The predicted molar refractivity (Wildman–Crippen MR) is 73.6 cm³/mol. The number of nitrogens with one attached hydrogen (secondary N) is 1. The van der Waals surface area contributed by atoms with Crippen LogP contribution in [0.4, 0.5) is 0 Å². The molecule has 1 heterocycles. The molecule has 18 heavy (non-hydrogen) atoms. The van der Waals surface area contributed by atoms with Crippen molar-refractivity contribution in [1.82, 2.24) is 5.32 Å². The van der Waals surface area contributed by atoms with E-state index in [0.29, 0.717) is 23.0 Å². The van der Waals surface area contributed by atoms with E-state index in [1.807, 2.05) is 0 Å². The highest BCUT2D eigenvalue weighted by Crippen LogP contribution is 2.11. The Morgan fingerprint density at radius 3 is 2.61 bits per heavy atom. The number of nitrogens with two attached hydrogens (primary N) is 1. The first-order valence-corrected chi connectivity index (χ1v) is 6.33. The average Bonchev–Trinajstić information content (AvgIpc) is 2.89. The van der Waals surface area contributed by atoms with Crippen molar-refractivity contribution >= 4 is 23.1 Å². The smallest absolute Gasteiger partial charge is 0.251 e. The van der Waals surface area contributed by atoms with Crippen LogP contribution in [-0.4, -0.2) is 30.7 Å². The third-order valence-corrected chi connectivity index (χ3v) is 3.24. The summed E-state index contributed by atoms with van der Waals surface area (Å²) in [6.45, 7) is 2.19. The number of thiocarbonyl (C=S) groups is 1. The summed E-state index contributed by atoms with van der Waals surface area (Å²) in [4.78, 5) is 12.2. The first-order valence-electron chi connectivity index (χ1n) is 5.92. The van der Waals surface area contributed by atoms with Crippen LogP contribution in [0.2, 0.25) is 0 Å². The van der Waals surface area contributed by atoms with Crippen LogP contribution >= 0.6 is 12.2 Å². The SMILES string of the molecule is NC(=S)c1ccc(C(=O)NCC2CCOC2)cc1. The maximum absolute atomic E-state index is 11.9. The molecule has 1 aliphatic rings. The van der Waals surface area contributed by atoms with E-state index in [1.54, 1.807) is 24.3 Å². The van der Waals surface area contributed by atoms with Gasteiger partial charge in [-0.05, 0) is 18.6 Å². The van der Waals surface area contributed by atoms with Gasteiger partial charge in [0.15, 0.2) is 0 Å². The van der Waals surface area contributed by atoms with Crippen LogP contribution in [0.1, 0.15) is 22.3 Å². The Hall–Kier alpha value is -1.46. The summed E-state index contributed by atoms with van der Waals surface area (Å²) >= 11 is 4.86. The van der Waals surface area contributed by atoms with Crippen LogP contribution in [0.3, 0.4) is 0 Å². The highest BCUT2D eigenvalue weighted by Gasteiger charge is 2.16. The first kappa shape index (κ1) is 13.0. The third-order valence-electron chi connectivity index (χ3n) is 3.01. The molecule has 0 bridgehead atoms. The highest BCUT2D eigenvalue weighted by molar-refractivity contribution is 7.80. The van der Waals surface area contributed by atoms with E-state index in [0.717, 1.165) is 25.2 Å². The fourth-order valence-electron chi connectivity index (χ4n) is 1.87. The zero-order chi connectivity index (χ0) is 13.0. The zero-order valence-corrected chi connectivity index (χ0v) is 10.8. The second kappa shape index (κ2) is 5.93. The molecule has 0 radical (unpaired) electrons. The molecule has 1 aliphatic heterocycles. The molecular weight excluding hydrogens is 248 g/mol. The van der Waals surface area contributed by atoms with Gasteiger partial charge in [-0.2, -0.15) is 0 Å². The third kappa shape index (κ3) is 3.27. The number of rotatable bonds is 4. The number of hydrogen-bond acceptors (Lipinski definition) is 3. The van der Waals surface area contributed by atoms with Gasteiger partial charge in [0.05, 0.1) is 6.61 Å². The lowest BCUT2D eigenvalue weighted by Crippen LogP contribution is -2.29. The second-order valence-electron chi connectivity index (χ2n) is 4.38. The molecular formula is C13H16N2O2S. The van der Waals surface area contributed by atoms with Crippen molar-refractivity contribution in [2.75, 3.05) is 19.8 Å². The van der Waals surface area contributed by atoms with E-state index < -0.39 is 0 Å². The van der Waals surface area contributed by atoms with Gasteiger partial charge in [-0.1, -0.05) is 24.4 Å². The Morgan fingerprint density at radius 1 is 1.39 bits per heavy atom. The molecule has 0 saturated carbocycles. The Morgan fingerprint density at radius 2 is 2.06 bits per heavy atom. The van der Waals surface area contributed by atoms with Crippen molar-refractivity contribution < 1.29 is 9.53 Å². The van der Waals surface area contributed by atoms with Gasteiger partial charge in [-0.25, -0.2) is 0 Å². The van der Waals surface area contributed by atoms with Crippen LogP contribution in [0.5, 0.6) is 0 Å². The fraction of sp³-hybridized carbons (Fsp3) is 0.385. The van der Waals surface area contributed by atoms with Crippen molar-refractivity contribution in [3.8, 4) is 0 Å². The molecule has 1 fully saturated rings. The summed E-state index contributed by atoms with van der Waals surface area (Å²) in [5, 5.41) is 2.91. The van der Waals surface area contributed by atoms with Gasteiger partial charge < -0.3 is 15.8 Å². The van der Waals surface area contributed by atoms with Gasteiger partial charge in [0.25, 0.3) is 5.91 Å². The lowest BCUT2D eigenvalue weighted by atomic mass is 10.1. The normalized spacial score (nSPS) is 18.6. The topological polar surface area (TPSA) is 64.4 Å². The molecule has 1 unspecified atom stereocenters. The number of carbonyl (C=O) groups is 1. The van der Waals surface area contributed by atoms with E-state index in [-0.39, 0.29) is 5.91 Å². The fourth-order valence-corrected chi connectivity index (χ4v) is 2.01. The second-order valence-corrected chi connectivity index (χ2v) is 4.82. The molecule has 1 aromatic rings. The maximum atomic E-state index is 11.9. The van der Waals surface area contributed by atoms with Crippen molar-refractivity contribution in [2.45, 2.75) is 6.42 Å². The minimum atomic E-state index is -0.0728. The van der Waals surface area contributed by atoms with Crippen molar-refractivity contribution in [3.05, 3.63) is 35.4 Å². The van der Waals surface area contributed by atoms with E-state index in [9.17, 15) is 4.79 Å². The van der Waals surface area contributed by atoms with Crippen LogP contribution in [0.25, 0.3) is 0 Å². The van der Waals surface area contributed by atoms with Crippen molar-refractivity contribution in [1.29, 1.82) is 0 Å². The van der Waals surface area contributed by atoms with Gasteiger partial charge >= 0.3 is 0 Å². The van der Waals surface area contributed by atoms with Crippen LogP contribution in [0.15, 0.2) is 24.3 Å². The van der Waals surface area contributed by atoms with Gasteiger partial charge in [-0.3, -0.25) is 4.79 Å². The highest BCUT2D eigenvalue weighted by atomic mass is 32.1. The summed E-state index contributed by atoms with van der Waals surface area (Å²) in [7, 11) is 0. The van der Waals surface area contributed by atoms with Gasteiger partial charge in [-0.15, -0.1) is 0 Å². The largest absolute Gasteiger partial charge is 0.389 e. The quantitative estimate of drug-likeness (QED) is 0.799. The first-order chi connectivity index (χ1) is 8.66. The molecule has 5 heteroatoms. The average molecular weight is 264 g/mol. The molecule has 1 aromatic carbocycles. The zero-order valence-electron chi connectivity index (χ0n) is 10.0. The van der Waals surface area contributed by atoms with E-state index in [2.05, 4.69) is 5.32 Å². The Bertz CT molecular complexity index is 439. The van der Waals surface area contributed by atoms with Gasteiger partial charge in [0.2, 0.25) is 0 Å². The van der Waals surface area contributed by atoms with E-state index >= 15 is 0 Å². The molecule has 2 rings (SSSR count). The van der Waals surface area contributed by atoms with Gasteiger partial charge in [0, 0.05) is 30.2 Å². The molecule has 0 spiro atoms. The van der Waals surface area contributed by atoms with Crippen LogP contribution in [-0.2, 0) is 4.74 Å². The molecule has 4 nitrogen and oxygen atoms in total. The molecule has 3 N–H and O–H groups in total. The predicted octanol–water partition coefficient (Wildman–Crippen LogP) is 1.09. The monoisotopic (exact) mass is 264 g/mol.